The van der Waals surface area contributed by atoms with E-state index in [1.54, 1.807) is 34.4 Å². The number of halogens is 2. The van der Waals surface area contributed by atoms with E-state index in [1.807, 2.05) is 22.9 Å². The van der Waals surface area contributed by atoms with E-state index in [0.29, 0.717) is 12.1 Å². The molecule has 0 bridgehead atoms. The van der Waals surface area contributed by atoms with Crippen LogP contribution in [0.4, 0.5) is 4.39 Å². The van der Waals surface area contributed by atoms with Crippen LogP contribution in [0.5, 0.6) is 0 Å². The Kier molecular flexibility index (Phi) is 6.34. The maximum atomic E-state index is 14.0. The number of carbonyl (C=O) groups excluding carboxylic acids is 1. The van der Waals surface area contributed by atoms with Gasteiger partial charge in [-0.2, -0.15) is 0 Å². The lowest BCUT2D eigenvalue weighted by Gasteiger charge is -2.21. The summed E-state index contributed by atoms with van der Waals surface area (Å²) in [6, 6.07) is 8.71. The van der Waals surface area contributed by atoms with Crippen LogP contribution in [0.3, 0.4) is 0 Å². The molecule has 2 heterocycles. The molecule has 0 aliphatic heterocycles. The van der Waals surface area contributed by atoms with E-state index in [-0.39, 0.29) is 24.7 Å². The van der Waals surface area contributed by atoms with Gasteiger partial charge < -0.3 is 4.90 Å². The highest BCUT2D eigenvalue weighted by molar-refractivity contribution is 9.10. The molecule has 1 aromatic carbocycles. The topological polar surface area (TPSA) is 33.2 Å². The van der Waals surface area contributed by atoms with Crippen molar-refractivity contribution < 1.29 is 9.18 Å². The molecule has 3 aromatic rings. The lowest BCUT2D eigenvalue weighted by Crippen LogP contribution is -2.32. The number of benzene rings is 1. The predicted molar refractivity (Wildman–Crippen MR) is 109 cm³/mol. The average Bonchev–Trinajstić information content (AvgIpc) is 3.29. The molecule has 0 aliphatic rings. The van der Waals surface area contributed by atoms with Gasteiger partial charge in [-0.15, -0.1) is 29.3 Å². The first-order chi connectivity index (χ1) is 12.6. The third-order valence-corrected chi connectivity index (χ3v) is 6.11. The van der Waals surface area contributed by atoms with Crippen molar-refractivity contribution >= 4 is 44.5 Å². The minimum Gasteiger partial charge on any atom is -0.334 e. The van der Waals surface area contributed by atoms with Gasteiger partial charge in [-0.25, -0.2) is 9.37 Å². The minimum atomic E-state index is -0.330. The van der Waals surface area contributed by atoms with Gasteiger partial charge in [-0.1, -0.05) is 28.1 Å². The van der Waals surface area contributed by atoms with Crippen LogP contribution in [0.15, 0.2) is 58.2 Å². The van der Waals surface area contributed by atoms with Gasteiger partial charge in [0.15, 0.2) is 0 Å². The second-order valence-corrected chi connectivity index (χ2v) is 8.32. The summed E-state index contributed by atoms with van der Waals surface area (Å²) in [5.41, 5.74) is 1.19. The second-order valence-electron chi connectivity index (χ2n) is 5.60. The molecule has 0 atom stereocenters. The van der Waals surface area contributed by atoms with Gasteiger partial charge in [0.25, 0.3) is 0 Å². The Morgan fingerprint density at radius 2 is 2.19 bits per heavy atom. The number of carbonyl (C=O) groups is 1. The Morgan fingerprint density at radius 1 is 1.35 bits per heavy atom. The van der Waals surface area contributed by atoms with Gasteiger partial charge in [-0.05, 0) is 29.6 Å². The number of aromatic nitrogens is 1. The van der Waals surface area contributed by atoms with Gasteiger partial charge in [0, 0.05) is 28.5 Å². The number of nitrogens with zero attached hydrogens (tertiary/aromatic N) is 2. The van der Waals surface area contributed by atoms with Crippen molar-refractivity contribution in [2.45, 2.75) is 13.0 Å². The molecule has 0 aliphatic carbocycles. The van der Waals surface area contributed by atoms with Crippen molar-refractivity contribution in [2.24, 2.45) is 0 Å². The molecule has 0 N–H and O–H groups in total. The van der Waals surface area contributed by atoms with Gasteiger partial charge in [0.1, 0.15) is 10.8 Å². The number of amides is 1. The molecule has 1 amide bonds. The molecule has 26 heavy (non-hydrogen) atoms. The van der Waals surface area contributed by atoms with E-state index in [4.69, 9.17) is 0 Å². The van der Waals surface area contributed by atoms with Crippen molar-refractivity contribution in [2.75, 3.05) is 6.54 Å². The molecule has 3 rings (SSSR count). The standard InChI is InChI=1S/C19H16BrFN2OS2/c1-2-7-23(11-13-9-14(20)5-6-16(13)21)18(24)10-15-12-26-19(22-15)17-4-3-8-25-17/h2-6,8-9,12H,1,7,10-11H2. The second kappa shape index (κ2) is 8.70. The van der Waals surface area contributed by atoms with E-state index < -0.39 is 0 Å². The fourth-order valence-electron chi connectivity index (χ4n) is 2.45. The quantitative estimate of drug-likeness (QED) is 0.443. The van der Waals surface area contributed by atoms with Crippen LogP contribution in [0, 0.1) is 5.82 Å². The third-order valence-electron chi connectivity index (χ3n) is 3.69. The van der Waals surface area contributed by atoms with Crippen LogP contribution in [-0.4, -0.2) is 22.3 Å². The summed E-state index contributed by atoms with van der Waals surface area (Å²) in [5.74, 6) is -0.434. The summed E-state index contributed by atoms with van der Waals surface area (Å²) >= 11 is 6.49. The van der Waals surface area contributed by atoms with E-state index in [0.717, 1.165) is 20.1 Å². The molecule has 0 saturated heterocycles. The van der Waals surface area contributed by atoms with Crippen LogP contribution in [-0.2, 0) is 17.8 Å². The summed E-state index contributed by atoms with van der Waals surface area (Å²) in [6.07, 6.45) is 1.83. The zero-order valence-corrected chi connectivity index (χ0v) is 17.0. The monoisotopic (exact) mass is 450 g/mol. The Bertz CT molecular complexity index is 908. The van der Waals surface area contributed by atoms with E-state index in [9.17, 15) is 9.18 Å². The summed E-state index contributed by atoms with van der Waals surface area (Å²) in [6.45, 7) is 4.25. The Hall–Kier alpha value is -1.83. The summed E-state index contributed by atoms with van der Waals surface area (Å²) in [4.78, 5) is 19.9. The first-order valence-electron chi connectivity index (χ1n) is 7.87. The van der Waals surface area contributed by atoms with Gasteiger partial charge >= 0.3 is 0 Å². The van der Waals surface area contributed by atoms with E-state index in [1.165, 1.54) is 17.4 Å². The van der Waals surface area contributed by atoms with Crippen molar-refractivity contribution in [3.05, 3.63) is 75.3 Å². The van der Waals surface area contributed by atoms with Crippen molar-refractivity contribution in [1.29, 1.82) is 0 Å². The SMILES string of the molecule is C=CCN(Cc1cc(Br)ccc1F)C(=O)Cc1csc(-c2cccs2)n1. The first-order valence-corrected chi connectivity index (χ1v) is 10.4. The summed E-state index contributed by atoms with van der Waals surface area (Å²) < 4.78 is 14.8. The zero-order chi connectivity index (χ0) is 18.5. The normalized spacial score (nSPS) is 10.7. The Balaban J connectivity index is 1.72. The lowest BCUT2D eigenvalue weighted by molar-refractivity contribution is -0.130. The van der Waals surface area contributed by atoms with E-state index in [2.05, 4.69) is 27.5 Å². The van der Waals surface area contributed by atoms with Crippen molar-refractivity contribution in [1.82, 2.24) is 9.88 Å². The van der Waals surface area contributed by atoms with Crippen LogP contribution in [0.2, 0.25) is 0 Å². The Morgan fingerprint density at radius 3 is 2.92 bits per heavy atom. The number of hydrogen-bond donors (Lipinski definition) is 0. The highest BCUT2D eigenvalue weighted by Gasteiger charge is 2.17. The molecule has 0 radical (unpaired) electrons. The highest BCUT2D eigenvalue weighted by atomic mass is 79.9. The van der Waals surface area contributed by atoms with Gasteiger partial charge in [0.2, 0.25) is 5.91 Å². The third kappa shape index (κ3) is 4.66. The number of thiophene rings is 1. The zero-order valence-electron chi connectivity index (χ0n) is 13.8. The number of rotatable bonds is 7. The smallest absolute Gasteiger partial charge is 0.229 e. The predicted octanol–water partition coefficient (Wildman–Crippen LogP) is 5.53. The van der Waals surface area contributed by atoms with Crippen LogP contribution >= 0.6 is 38.6 Å². The van der Waals surface area contributed by atoms with Crippen LogP contribution in [0.1, 0.15) is 11.3 Å². The molecule has 0 spiro atoms. The molecular formula is C19H16BrFN2OS2. The number of hydrogen-bond acceptors (Lipinski definition) is 4. The molecule has 0 saturated carbocycles. The van der Waals surface area contributed by atoms with Crippen LogP contribution in [0.25, 0.3) is 9.88 Å². The highest BCUT2D eigenvalue weighted by Crippen LogP contribution is 2.28. The lowest BCUT2D eigenvalue weighted by atomic mass is 10.2. The summed E-state index contributed by atoms with van der Waals surface area (Å²) in [5, 5.41) is 4.81. The number of thiazole rings is 1. The maximum Gasteiger partial charge on any atom is 0.229 e. The molecule has 0 unspecified atom stereocenters. The van der Waals surface area contributed by atoms with Crippen molar-refractivity contribution in [3.8, 4) is 9.88 Å². The largest absolute Gasteiger partial charge is 0.334 e. The molecule has 2 aromatic heterocycles. The van der Waals surface area contributed by atoms with Gasteiger partial charge in [-0.3, -0.25) is 4.79 Å². The molecule has 134 valence electrons. The van der Waals surface area contributed by atoms with Crippen molar-refractivity contribution in [3.63, 3.8) is 0 Å². The van der Waals surface area contributed by atoms with E-state index >= 15 is 0 Å². The average molecular weight is 451 g/mol. The maximum absolute atomic E-state index is 14.0. The molecule has 0 fully saturated rings. The fraction of sp³-hybridized carbons (Fsp3) is 0.158. The molecule has 7 heteroatoms. The molecule has 3 nitrogen and oxygen atoms in total. The Labute approximate surface area is 168 Å². The fourth-order valence-corrected chi connectivity index (χ4v) is 4.49. The molecular weight excluding hydrogens is 435 g/mol. The van der Waals surface area contributed by atoms with Crippen LogP contribution < -0.4 is 0 Å². The summed E-state index contributed by atoms with van der Waals surface area (Å²) in [7, 11) is 0. The van der Waals surface area contributed by atoms with Gasteiger partial charge in [0.05, 0.1) is 17.0 Å². The minimum absolute atomic E-state index is 0.104. The first kappa shape index (κ1) is 18.9.